The fourth-order valence-electron chi connectivity index (χ4n) is 2.54. The van der Waals surface area contributed by atoms with Crippen molar-refractivity contribution in [2.75, 3.05) is 30.2 Å². The molecule has 10 nitrogen and oxygen atoms in total. The van der Waals surface area contributed by atoms with Crippen LogP contribution in [-0.2, 0) is 9.59 Å². The van der Waals surface area contributed by atoms with E-state index in [0.717, 1.165) is 0 Å². The summed E-state index contributed by atoms with van der Waals surface area (Å²) in [6.45, 7) is 3.03. The van der Waals surface area contributed by atoms with Crippen molar-refractivity contribution >= 4 is 34.6 Å². The number of non-ortho nitro benzene ring substituents is 1. The van der Waals surface area contributed by atoms with Crippen molar-refractivity contribution in [2.45, 2.75) is 19.9 Å². The summed E-state index contributed by atoms with van der Waals surface area (Å²) in [5.74, 6) is 0.0398. The Hall–Kier alpha value is -3.82. The van der Waals surface area contributed by atoms with Crippen molar-refractivity contribution in [3.63, 3.8) is 0 Å². The van der Waals surface area contributed by atoms with E-state index in [0.29, 0.717) is 22.8 Å². The number of hydrogen-bond donors (Lipinski definition) is 3. The molecule has 2 aromatic rings. The van der Waals surface area contributed by atoms with Gasteiger partial charge in [0.2, 0.25) is 11.8 Å². The first-order chi connectivity index (χ1) is 13.7. The highest BCUT2D eigenvalue weighted by molar-refractivity contribution is 5.98. The molecule has 2 rings (SSSR count). The number of amides is 2. The van der Waals surface area contributed by atoms with E-state index in [1.54, 1.807) is 25.1 Å². The molecule has 0 heterocycles. The van der Waals surface area contributed by atoms with E-state index in [1.807, 2.05) is 0 Å². The summed E-state index contributed by atoms with van der Waals surface area (Å²) >= 11 is 0. The monoisotopic (exact) mass is 402 g/mol. The number of carbonyl (C=O) groups is 2. The van der Waals surface area contributed by atoms with Gasteiger partial charge in [-0.15, -0.1) is 0 Å². The van der Waals surface area contributed by atoms with Gasteiger partial charge >= 0.3 is 0 Å². The molecule has 0 unspecified atom stereocenters. The third-order valence-corrected chi connectivity index (χ3v) is 3.94. The number of ether oxygens (including phenoxy) is 2. The summed E-state index contributed by atoms with van der Waals surface area (Å²) in [6.07, 6.45) is 0. The molecule has 0 bridgehead atoms. The minimum absolute atomic E-state index is 0.148. The van der Waals surface area contributed by atoms with E-state index in [1.165, 1.54) is 39.3 Å². The summed E-state index contributed by atoms with van der Waals surface area (Å²) < 4.78 is 10.4. The minimum atomic E-state index is -0.698. The zero-order valence-electron chi connectivity index (χ0n) is 16.4. The van der Waals surface area contributed by atoms with Crippen molar-refractivity contribution in [2.24, 2.45) is 0 Å². The maximum Gasteiger partial charge on any atom is 0.273 e. The van der Waals surface area contributed by atoms with Gasteiger partial charge in [-0.05, 0) is 31.2 Å². The van der Waals surface area contributed by atoms with Crippen molar-refractivity contribution in [3.05, 3.63) is 46.5 Å². The summed E-state index contributed by atoms with van der Waals surface area (Å²) in [5.41, 5.74) is 1.21. The first-order valence-electron chi connectivity index (χ1n) is 8.60. The Bertz CT molecular complexity index is 931. The number of nitrogens with zero attached hydrogens (tertiary/aromatic N) is 1. The molecule has 2 aromatic carbocycles. The van der Waals surface area contributed by atoms with Crippen molar-refractivity contribution in [1.29, 1.82) is 0 Å². The van der Waals surface area contributed by atoms with Crippen molar-refractivity contribution < 1.29 is 24.0 Å². The van der Waals surface area contributed by atoms with E-state index >= 15 is 0 Å². The van der Waals surface area contributed by atoms with Gasteiger partial charge in [0.15, 0.2) is 0 Å². The van der Waals surface area contributed by atoms with Crippen LogP contribution in [0.4, 0.5) is 22.7 Å². The molecule has 154 valence electrons. The number of nitro benzene ring substituents is 1. The third kappa shape index (κ3) is 5.58. The predicted molar refractivity (Wildman–Crippen MR) is 109 cm³/mol. The van der Waals surface area contributed by atoms with Crippen LogP contribution < -0.4 is 25.4 Å². The average Bonchev–Trinajstić information content (AvgIpc) is 2.67. The normalized spacial score (nSPS) is 11.2. The highest BCUT2D eigenvalue weighted by atomic mass is 16.6. The van der Waals surface area contributed by atoms with Crippen LogP contribution in [-0.4, -0.2) is 37.0 Å². The largest absolute Gasteiger partial charge is 0.495 e. The molecule has 0 aromatic heterocycles. The Balaban J connectivity index is 2.17. The van der Waals surface area contributed by atoms with Gasteiger partial charge in [0.05, 0.1) is 36.6 Å². The molecule has 0 saturated heterocycles. The fourth-order valence-corrected chi connectivity index (χ4v) is 2.54. The van der Waals surface area contributed by atoms with Gasteiger partial charge in [0.1, 0.15) is 17.5 Å². The van der Waals surface area contributed by atoms with Crippen LogP contribution >= 0.6 is 0 Å². The predicted octanol–water partition coefficient (Wildman–Crippen LogP) is 3.01. The fraction of sp³-hybridized carbons (Fsp3) is 0.263. The Morgan fingerprint density at radius 2 is 1.69 bits per heavy atom. The van der Waals surface area contributed by atoms with E-state index < -0.39 is 16.9 Å². The first kappa shape index (κ1) is 21.5. The molecule has 0 saturated carbocycles. The Labute approximate surface area is 167 Å². The lowest BCUT2D eigenvalue weighted by atomic mass is 10.2. The van der Waals surface area contributed by atoms with Crippen LogP contribution in [0.25, 0.3) is 0 Å². The molecule has 0 radical (unpaired) electrons. The van der Waals surface area contributed by atoms with E-state index in [9.17, 15) is 19.7 Å². The van der Waals surface area contributed by atoms with Crippen LogP contribution in [0.5, 0.6) is 11.5 Å². The van der Waals surface area contributed by atoms with Crippen LogP contribution in [0.1, 0.15) is 13.8 Å². The summed E-state index contributed by atoms with van der Waals surface area (Å²) in [5, 5.41) is 19.2. The molecule has 2 amide bonds. The number of hydrogen-bond acceptors (Lipinski definition) is 7. The van der Waals surface area contributed by atoms with Gasteiger partial charge in [-0.1, -0.05) is 0 Å². The smallest absolute Gasteiger partial charge is 0.273 e. The molecule has 0 aliphatic carbocycles. The highest BCUT2D eigenvalue weighted by Crippen LogP contribution is 2.30. The van der Waals surface area contributed by atoms with Crippen LogP contribution in [0.2, 0.25) is 0 Å². The number of benzene rings is 2. The molecule has 0 aliphatic rings. The molecule has 10 heteroatoms. The summed E-state index contributed by atoms with van der Waals surface area (Å²) in [7, 11) is 2.85. The number of methoxy groups -OCH3 is 2. The average molecular weight is 402 g/mol. The number of carbonyl (C=O) groups excluding carboxylic acids is 2. The lowest BCUT2D eigenvalue weighted by molar-refractivity contribution is -0.384. The minimum Gasteiger partial charge on any atom is -0.495 e. The number of anilines is 3. The molecular formula is C19H22N4O6. The topological polar surface area (TPSA) is 132 Å². The Morgan fingerprint density at radius 3 is 2.28 bits per heavy atom. The van der Waals surface area contributed by atoms with Gasteiger partial charge in [-0.3, -0.25) is 19.7 Å². The van der Waals surface area contributed by atoms with E-state index in [-0.39, 0.29) is 17.3 Å². The van der Waals surface area contributed by atoms with E-state index in [4.69, 9.17) is 9.47 Å². The lowest BCUT2D eigenvalue weighted by Crippen LogP contribution is -2.32. The SMILES string of the molecule is COc1cc([N+](=O)[O-])ccc1NC(=O)[C@@H](C)Nc1cc(NC(C)=O)ccc1OC. The maximum absolute atomic E-state index is 12.6. The zero-order valence-corrected chi connectivity index (χ0v) is 16.4. The van der Waals surface area contributed by atoms with Crippen LogP contribution in [0.15, 0.2) is 36.4 Å². The Morgan fingerprint density at radius 1 is 1.00 bits per heavy atom. The van der Waals surface area contributed by atoms with Gasteiger partial charge in [0.25, 0.3) is 5.69 Å². The second-order valence-corrected chi connectivity index (χ2v) is 6.09. The standard InChI is InChI=1S/C19H22N4O6/c1-11(20-16-9-13(21-12(2)24)5-8-17(16)28-3)19(25)22-15-7-6-14(23(26)27)10-18(15)29-4/h5-11,20H,1-4H3,(H,21,24)(H,22,25)/t11-/m1/s1. The summed E-state index contributed by atoms with van der Waals surface area (Å²) in [6, 6.07) is 8.20. The lowest BCUT2D eigenvalue weighted by Gasteiger charge is -2.19. The second kappa shape index (κ2) is 9.40. The maximum atomic E-state index is 12.6. The third-order valence-electron chi connectivity index (χ3n) is 3.94. The molecule has 0 spiro atoms. The number of nitro groups is 1. The zero-order chi connectivity index (χ0) is 21.6. The molecule has 0 aliphatic heterocycles. The number of rotatable bonds is 8. The van der Waals surface area contributed by atoms with Gasteiger partial charge in [0, 0.05) is 18.7 Å². The number of nitrogens with one attached hydrogen (secondary N) is 3. The molecule has 0 fully saturated rings. The van der Waals surface area contributed by atoms with Crippen LogP contribution in [0.3, 0.4) is 0 Å². The van der Waals surface area contributed by atoms with Gasteiger partial charge in [-0.2, -0.15) is 0 Å². The molecule has 29 heavy (non-hydrogen) atoms. The van der Waals surface area contributed by atoms with Gasteiger partial charge in [-0.25, -0.2) is 0 Å². The van der Waals surface area contributed by atoms with Crippen LogP contribution in [0, 0.1) is 10.1 Å². The molecular weight excluding hydrogens is 380 g/mol. The Kier molecular flexibility index (Phi) is 6.96. The van der Waals surface area contributed by atoms with Crippen molar-refractivity contribution in [3.8, 4) is 11.5 Å². The molecule has 1 atom stereocenters. The van der Waals surface area contributed by atoms with Gasteiger partial charge < -0.3 is 25.4 Å². The first-order valence-corrected chi connectivity index (χ1v) is 8.60. The second-order valence-electron chi connectivity index (χ2n) is 6.09. The highest BCUT2D eigenvalue weighted by Gasteiger charge is 2.18. The summed E-state index contributed by atoms with van der Waals surface area (Å²) in [4.78, 5) is 34.2. The molecule has 3 N–H and O–H groups in total. The van der Waals surface area contributed by atoms with E-state index in [2.05, 4.69) is 16.0 Å². The quantitative estimate of drug-likeness (QED) is 0.457. The van der Waals surface area contributed by atoms with Crippen molar-refractivity contribution in [1.82, 2.24) is 0 Å².